The molecule has 2 aromatic carbocycles. The zero-order valence-electron chi connectivity index (χ0n) is 17.7. The number of ether oxygens (including phenoxy) is 3. The number of rotatable bonds is 8. The number of thiazole rings is 1. The number of methoxy groups -OCH3 is 1. The summed E-state index contributed by atoms with van der Waals surface area (Å²) >= 11 is 1.45. The van der Waals surface area contributed by atoms with Gasteiger partial charge in [0.1, 0.15) is 11.5 Å². The van der Waals surface area contributed by atoms with Gasteiger partial charge < -0.3 is 14.2 Å². The van der Waals surface area contributed by atoms with Crippen LogP contribution >= 0.6 is 11.3 Å². The SMILES string of the molecule is COc1ccc(-c2csc(N(C[C@@H]3CCCO3)C(=O)COc3ccc(C)cc3)n2)cc1. The predicted octanol–water partition coefficient (Wildman–Crippen LogP) is 4.72. The third kappa shape index (κ3) is 5.42. The van der Waals surface area contributed by atoms with E-state index in [9.17, 15) is 4.79 Å². The van der Waals surface area contributed by atoms with Crippen molar-refractivity contribution in [2.45, 2.75) is 25.9 Å². The first-order valence-corrected chi connectivity index (χ1v) is 11.2. The maximum Gasteiger partial charge on any atom is 0.266 e. The Morgan fingerprint density at radius 3 is 2.58 bits per heavy atom. The van der Waals surface area contributed by atoms with E-state index in [0.717, 1.165) is 42.0 Å². The lowest BCUT2D eigenvalue weighted by atomic mass is 10.2. The Hall–Kier alpha value is -2.90. The smallest absolute Gasteiger partial charge is 0.266 e. The van der Waals surface area contributed by atoms with E-state index in [1.807, 2.05) is 60.8 Å². The molecule has 6 nitrogen and oxygen atoms in total. The van der Waals surface area contributed by atoms with Gasteiger partial charge in [-0.25, -0.2) is 4.98 Å². The van der Waals surface area contributed by atoms with Gasteiger partial charge in [-0.2, -0.15) is 0 Å². The fourth-order valence-electron chi connectivity index (χ4n) is 3.42. The number of amides is 1. The molecule has 0 bridgehead atoms. The summed E-state index contributed by atoms with van der Waals surface area (Å²) in [6.07, 6.45) is 1.98. The highest BCUT2D eigenvalue weighted by atomic mass is 32.1. The Morgan fingerprint density at radius 1 is 1.16 bits per heavy atom. The van der Waals surface area contributed by atoms with Crippen LogP contribution in [0.25, 0.3) is 11.3 Å². The highest BCUT2D eigenvalue weighted by Gasteiger charge is 2.26. The van der Waals surface area contributed by atoms with Gasteiger partial charge in [-0.3, -0.25) is 9.69 Å². The van der Waals surface area contributed by atoms with E-state index >= 15 is 0 Å². The Bertz CT molecular complexity index is 995. The molecule has 1 aliphatic rings. The monoisotopic (exact) mass is 438 g/mol. The van der Waals surface area contributed by atoms with E-state index in [1.165, 1.54) is 11.3 Å². The van der Waals surface area contributed by atoms with E-state index in [-0.39, 0.29) is 18.6 Å². The van der Waals surface area contributed by atoms with Crippen molar-refractivity contribution in [1.82, 2.24) is 4.98 Å². The van der Waals surface area contributed by atoms with Gasteiger partial charge in [0.2, 0.25) is 0 Å². The van der Waals surface area contributed by atoms with Crippen LogP contribution in [-0.2, 0) is 9.53 Å². The third-order valence-corrected chi connectivity index (χ3v) is 6.07. The molecule has 0 radical (unpaired) electrons. The van der Waals surface area contributed by atoms with Crippen LogP contribution in [0.5, 0.6) is 11.5 Å². The second-order valence-electron chi connectivity index (χ2n) is 7.48. The van der Waals surface area contributed by atoms with Crippen molar-refractivity contribution in [3.05, 3.63) is 59.5 Å². The normalized spacial score (nSPS) is 15.6. The van der Waals surface area contributed by atoms with Crippen LogP contribution in [0.15, 0.2) is 53.9 Å². The van der Waals surface area contributed by atoms with Gasteiger partial charge in [-0.15, -0.1) is 11.3 Å². The lowest BCUT2D eigenvalue weighted by Gasteiger charge is -2.23. The van der Waals surface area contributed by atoms with E-state index in [4.69, 9.17) is 19.2 Å². The standard InChI is InChI=1S/C24H26N2O4S/c1-17-5-9-20(10-6-17)30-15-23(27)26(14-21-4-3-13-29-21)24-25-22(16-31-24)18-7-11-19(28-2)12-8-18/h5-12,16,21H,3-4,13-15H2,1-2H3/t21-/m0/s1. The summed E-state index contributed by atoms with van der Waals surface area (Å²) in [4.78, 5) is 19.5. The minimum atomic E-state index is -0.133. The van der Waals surface area contributed by atoms with Crippen LogP contribution in [-0.4, -0.2) is 43.9 Å². The lowest BCUT2D eigenvalue weighted by molar-refractivity contribution is -0.120. The molecule has 7 heteroatoms. The van der Waals surface area contributed by atoms with Crippen molar-refractivity contribution in [1.29, 1.82) is 0 Å². The number of aromatic nitrogens is 1. The average molecular weight is 439 g/mol. The van der Waals surface area contributed by atoms with Gasteiger partial charge in [-0.05, 0) is 56.2 Å². The molecule has 31 heavy (non-hydrogen) atoms. The topological polar surface area (TPSA) is 60.9 Å². The summed E-state index contributed by atoms with van der Waals surface area (Å²) in [6, 6.07) is 15.4. The molecule has 1 atom stereocenters. The predicted molar refractivity (Wildman–Crippen MR) is 122 cm³/mol. The van der Waals surface area contributed by atoms with Crippen LogP contribution in [0.2, 0.25) is 0 Å². The van der Waals surface area contributed by atoms with Crippen molar-refractivity contribution in [3.8, 4) is 22.8 Å². The zero-order chi connectivity index (χ0) is 21.6. The van der Waals surface area contributed by atoms with Crippen molar-refractivity contribution in [3.63, 3.8) is 0 Å². The second-order valence-corrected chi connectivity index (χ2v) is 8.32. The molecular formula is C24H26N2O4S. The largest absolute Gasteiger partial charge is 0.497 e. The van der Waals surface area contributed by atoms with E-state index in [2.05, 4.69) is 0 Å². The van der Waals surface area contributed by atoms with Gasteiger partial charge >= 0.3 is 0 Å². The second kappa shape index (κ2) is 9.94. The number of anilines is 1. The number of hydrogen-bond acceptors (Lipinski definition) is 6. The Morgan fingerprint density at radius 2 is 1.90 bits per heavy atom. The Balaban J connectivity index is 1.50. The summed E-state index contributed by atoms with van der Waals surface area (Å²) in [5, 5.41) is 2.62. The molecule has 0 aliphatic carbocycles. The fourth-order valence-corrected chi connectivity index (χ4v) is 4.28. The molecule has 1 fully saturated rings. The molecule has 0 N–H and O–H groups in total. The quantitative estimate of drug-likeness (QED) is 0.509. The van der Waals surface area contributed by atoms with E-state index in [1.54, 1.807) is 12.0 Å². The number of nitrogens with zero attached hydrogens (tertiary/aromatic N) is 2. The Kier molecular flexibility index (Phi) is 6.84. The van der Waals surface area contributed by atoms with Gasteiger partial charge in [0.25, 0.3) is 5.91 Å². The van der Waals surface area contributed by atoms with Crippen molar-refractivity contribution in [2.24, 2.45) is 0 Å². The highest BCUT2D eigenvalue weighted by molar-refractivity contribution is 7.14. The summed E-state index contributed by atoms with van der Waals surface area (Å²) in [5.74, 6) is 1.34. The first-order valence-electron chi connectivity index (χ1n) is 10.3. The van der Waals surface area contributed by atoms with Crippen molar-refractivity contribution >= 4 is 22.4 Å². The van der Waals surface area contributed by atoms with Crippen LogP contribution in [0.1, 0.15) is 18.4 Å². The fraction of sp³-hybridized carbons (Fsp3) is 0.333. The Labute approximate surface area is 186 Å². The van der Waals surface area contributed by atoms with Crippen LogP contribution < -0.4 is 14.4 Å². The number of hydrogen-bond donors (Lipinski definition) is 0. The molecule has 3 aromatic rings. The van der Waals surface area contributed by atoms with E-state index < -0.39 is 0 Å². The molecule has 162 valence electrons. The molecule has 1 aromatic heterocycles. The number of carbonyl (C=O) groups is 1. The first kappa shape index (κ1) is 21.3. The van der Waals surface area contributed by atoms with Gasteiger partial charge in [0.05, 0.1) is 25.5 Å². The van der Waals surface area contributed by atoms with Crippen molar-refractivity contribution in [2.75, 3.05) is 31.8 Å². The molecule has 0 unspecified atom stereocenters. The van der Waals surface area contributed by atoms with Gasteiger partial charge in [0, 0.05) is 17.6 Å². The first-order chi connectivity index (χ1) is 15.1. The molecule has 1 aliphatic heterocycles. The summed E-state index contributed by atoms with van der Waals surface area (Å²) in [6.45, 7) is 3.18. The van der Waals surface area contributed by atoms with Crippen LogP contribution in [0.4, 0.5) is 5.13 Å². The molecule has 1 amide bonds. The van der Waals surface area contributed by atoms with Crippen LogP contribution in [0.3, 0.4) is 0 Å². The molecular weight excluding hydrogens is 412 g/mol. The van der Waals surface area contributed by atoms with E-state index in [0.29, 0.717) is 17.4 Å². The highest BCUT2D eigenvalue weighted by Crippen LogP contribution is 2.30. The molecule has 0 saturated carbocycles. The molecule has 1 saturated heterocycles. The lowest BCUT2D eigenvalue weighted by Crippen LogP contribution is -2.40. The molecule has 4 rings (SSSR count). The number of benzene rings is 2. The minimum Gasteiger partial charge on any atom is -0.497 e. The van der Waals surface area contributed by atoms with Gasteiger partial charge in [-0.1, -0.05) is 17.7 Å². The molecule has 2 heterocycles. The summed E-state index contributed by atoms with van der Waals surface area (Å²) in [5.41, 5.74) is 2.95. The number of carbonyl (C=O) groups excluding carboxylic acids is 1. The molecule has 0 spiro atoms. The summed E-state index contributed by atoms with van der Waals surface area (Å²) < 4.78 is 16.7. The zero-order valence-corrected chi connectivity index (χ0v) is 18.6. The van der Waals surface area contributed by atoms with Gasteiger partial charge in [0.15, 0.2) is 11.7 Å². The maximum absolute atomic E-state index is 13.1. The average Bonchev–Trinajstić information content (AvgIpc) is 3.49. The summed E-state index contributed by atoms with van der Waals surface area (Å²) in [7, 11) is 1.64. The van der Waals surface area contributed by atoms with Crippen molar-refractivity contribution < 1.29 is 19.0 Å². The number of aryl methyl sites for hydroxylation is 1. The minimum absolute atomic E-state index is 0.0247. The van der Waals surface area contributed by atoms with Crippen LogP contribution in [0, 0.1) is 6.92 Å². The maximum atomic E-state index is 13.1. The third-order valence-electron chi connectivity index (χ3n) is 5.20.